The second-order valence-electron chi connectivity index (χ2n) is 5.77. The molecule has 0 aliphatic carbocycles. The van der Waals surface area contributed by atoms with Crippen molar-refractivity contribution in [3.8, 4) is 0 Å². The predicted octanol–water partition coefficient (Wildman–Crippen LogP) is 2.05. The largest absolute Gasteiger partial charge is 0.368 e. The summed E-state index contributed by atoms with van der Waals surface area (Å²) in [5, 5.41) is 3.12. The Bertz CT molecular complexity index is 656. The summed E-state index contributed by atoms with van der Waals surface area (Å²) in [6.45, 7) is 5.43. The Hall–Kier alpha value is -2.21. The van der Waals surface area contributed by atoms with Gasteiger partial charge in [-0.15, -0.1) is 0 Å². The van der Waals surface area contributed by atoms with Gasteiger partial charge in [-0.2, -0.15) is 0 Å². The number of carbonyl (C=O) groups is 1. The van der Waals surface area contributed by atoms with E-state index in [1.165, 1.54) is 0 Å². The van der Waals surface area contributed by atoms with Crippen LogP contribution in [-0.4, -0.2) is 33.1 Å². The second kappa shape index (κ2) is 6.91. The third-order valence-electron chi connectivity index (χ3n) is 4.34. The van der Waals surface area contributed by atoms with Crippen LogP contribution < -0.4 is 5.32 Å². The average Bonchev–Trinajstić information content (AvgIpc) is 3.23. The number of hydrogen-bond acceptors (Lipinski definition) is 4. The number of rotatable bonds is 5. The minimum atomic E-state index is -0.240. The van der Waals surface area contributed by atoms with Crippen molar-refractivity contribution in [3.05, 3.63) is 48.3 Å². The molecule has 2 aromatic rings. The summed E-state index contributed by atoms with van der Waals surface area (Å²) >= 11 is 0. The number of ether oxygens (including phenoxy) is 1. The molecular weight excluding hydrogens is 292 g/mol. The van der Waals surface area contributed by atoms with Crippen molar-refractivity contribution in [2.45, 2.75) is 44.9 Å². The van der Waals surface area contributed by atoms with Gasteiger partial charge < -0.3 is 14.6 Å². The summed E-state index contributed by atoms with van der Waals surface area (Å²) in [4.78, 5) is 21.0. The molecule has 3 atom stereocenters. The Balaban J connectivity index is 1.70. The molecule has 1 aliphatic heterocycles. The van der Waals surface area contributed by atoms with E-state index in [2.05, 4.69) is 26.8 Å². The molecule has 23 heavy (non-hydrogen) atoms. The van der Waals surface area contributed by atoms with Crippen molar-refractivity contribution in [2.75, 3.05) is 6.61 Å². The lowest BCUT2D eigenvalue weighted by molar-refractivity contribution is -0.123. The first-order valence-electron chi connectivity index (χ1n) is 8.03. The highest BCUT2D eigenvalue weighted by Crippen LogP contribution is 2.29. The number of carbonyl (C=O) groups excluding carboxylic acids is 1. The van der Waals surface area contributed by atoms with E-state index in [0.717, 1.165) is 24.4 Å². The highest BCUT2D eigenvalue weighted by Gasteiger charge is 2.34. The Labute approximate surface area is 135 Å². The van der Waals surface area contributed by atoms with E-state index in [1.54, 1.807) is 18.6 Å². The van der Waals surface area contributed by atoms with Gasteiger partial charge in [-0.1, -0.05) is 6.07 Å². The summed E-state index contributed by atoms with van der Waals surface area (Å²) in [7, 11) is 0. The number of aromatic nitrogens is 3. The minimum Gasteiger partial charge on any atom is -0.368 e. The number of pyridine rings is 1. The standard InChI is InChI=1S/C17H22N4O2/c1-3-21-9-8-19-16(21)15-14(6-10-23-15)20-17(22)12(2)13-5-4-7-18-11-13/h4-5,7-9,11-12,14-15H,3,6,10H2,1-2H3,(H,20,22)/t12-,14+,15+/m1/s1. The van der Waals surface area contributed by atoms with Crippen LogP contribution in [-0.2, 0) is 16.1 Å². The van der Waals surface area contributed by atoms with Gasteiger partial charge in [-0.05, 0) is 31.9 Å². The molecule has 6 nitrogen and oxygen atoms in total. The molecule has 1 fully saturated rings. The van der Waals surface area contributed by atoms with Gasteiger partial charge in [0, 0.05) is 37.9 Å². The summed E-state index contributed by atoms with van der Waals surface area (Å²) in [6.07, 6.45) is 7.77. The molecule has 1 aliphatic rings. The van der Waals surface area contributed by atoms with Gasteiger partial charge in [0.1, 0.15) is 11.9 Å². The van der Waals surface area contributed by atoms with Crippen molar-refractivity contribution in [1.82, 2.24) is 19.9 Å². The molecule has 0 unspecified atom stereocenters. The molecule has 6 heteroatoms. The molecule has 0 bridgehead atoms. The first-order valence-corrected chi connectivity index (χ1v) is 8.03. The number of hydrogen-bond donors (Lipinski definition) is 1. The van der Waals surface area contributed by atoms with E-state index in [9.17, 15) is 4.79 Å². The zero-order chi connectivity index (χ0) is 16.2. The smallest absolute Gasteiger partial charge is 0.227 e. The van der Waals surface area contributed by atoms with Crippen molar-refractivity contribution in [1.29, 1.82) is 0 Å². The minimum absolute atomic E-state index is 0.00638. The second-order valence-corrected chi connectivity index (χ2v) is 5.77. The molecule has 1 saturated heterocycles. The molecular formula is C17H22N4O2. The van der Waals surface area contributed by atoms with E-state index in [0.29, 0.717) is 6.61 Å². The lowest BCUT2D eigenvalue weighted by Crippen LogP contribution is -2.39. The van der Waals surface area contributed by atoms with Gasteiger partial charge in [0.2, 0.25) is 5.91 Å². The van der Waals surface area contributed by atoms with Crippen LogP contribution in [0.1, 0.15) is 43.7 Å². The molecule has 1 amide bonds. The van der Waals surface area contributed by atoms with E-state index in [4.69, 9.17) is 4.74 Å². The number of amides is 1. The fourth-order valence-corrected chi connectivity index (χ4v) is 2.93. The molecule has 3 rings (SSSR count). The zero-order valence-electron chi connectivity index (χ0n) is 13.5. The van der Waals surface area contributed by atoms with Gasteiger partial charge in [0.15, 0.2) is 0 Å². The normalized spacial score (nSPS) is 22.0. The molecule has 0 aromatic carbocycles. The maximum atomic E-state index is 12.5. The fourth-order valence-electron chi connectivity index (χ4n) is 2.93. The van der Waals surface area contributed by atoms with Gasteiger partial charge in [0.05, 0.1) is 12.0 Å². The Morgan fingerprint density at radius 1 is 1.52 bits per heavy atom. The van der Waals surface area contributed by atoms with Crippen molar-refractivity contribution >= 4 is 5.91 Å². The van der Waals surface area contributed by atoms with E-state index >= 15 is 0 Å². The maximum Gasteiger partial charge on any atom is 0.227 e. The van der Waals surface area contributed by atoms with E-state index < -0.39 is 0 Å². The quantitative estimate of drug-likeness (QED) is 0.917. The molecule has 0 spiro atoms. The summed E-state index contributed by atoms with van der Waals surface area (Å²) in [5.41, 5.74) is 0.913. The summed E-state index contributed by atoms with van der Waals surface area (Å²) < 4.78 is 7.88. The highest BCUT2D eigenvalue weighted by molar-refractivity contribution is 5.83. The Kier molecular flexibility index (Phi) is 4.71. The third kappa shape index (κ3) is 3.27. The fraction of sp³-hybridized carbons (Fsp3) is 0.471. The predicted molar refractivity (Wildman–Crippen MR) is 85.8 cm³/mol. The molecule has 0 saturated carbocycles. The van der Waals surface area contributed by atoms with Crippen LogP contribution in [0.3, 0.4) is 0 Å². The van der Waals surface area contributed by atoms with Crippen molar-refractivity contribution < 1.29 is 9.53 Å². The number of nitrogens with one attached hydrogen (secondary N) is 1. The summed E-state index contributed by atoms with van der Waals surface area (Å²) in [5.74, 6) is 0.633. The van der Waals surface area contributed by atoms with Gasteiger partial charge >= 0.3 is 0 Å². The maximum absolute atomic E-state index is 12.5. The van der Waals surface area contributed by atoms with Crippen molar-refractivity contribution in [2.24, 2.45) is 0 Å². The van der Waals surface area contributed by atoms with Crippen LogP contribution in [0.5, 0.6) is 0 Å². The molecule has 1 N–H and O–H groups in total. The van der Waals surface area contributed by atoms with Crippen LogP contribution in [0.25, 0.3) is 0 Å². The number of imidazole rings is 1. The van der Waals surface area contributed by atoms with Crippen LogP contribution in [0.2, 0.25) is 0 Å². The first-order chi connectivity index (χ1) is 11.2. The highest BCUT2D eigenvalue weighted by atomic mass is 16.5. The van der Waals surface area contributed by atoms with Gasteiger partial charge in [-0.25, -0.2) is 4.98 Å². The lowest BCUT2D eigenvalue weighted by atomic mass is 10.0. The van der Waals surface area contributed by atoms with Gasteiger partial charge in [0.25, 0.3) is 0 Å². The van der Waals surface area contributed by atoms with E-state index in [-0.39, 0.29) is 24.0 Å². The number of nitrogens with zero attached hydrogens (tertiary/aromatic N) is 3. The zero-order valence-corrected chi connectivity index (χ0v) is 13.5. The first kappa shape index (κ1) is 15.7. The van der Waals surface area contributed by atoms with Crippen LogP contribution in [0.4, 0.5) is 0 Å². The molecule has 0 radical (unpaired) electrons. The van der Waals surface area contributed by atoms with Crippen molar-refractivity contribution in [3.63, 3.8) is 0 Å². The Morgan fingerprint density at radius 3 is 3.13 bits per heavy atom. The van der Waals surface area contributed by atoms with Crippen LogP contribution in [0, 0.1) is 0 Å². The SMILES string of the molecule is CCn1ccnc1[C@H]1OCC[C@@H]1NC(=O)[C@H](C)c1cccnc1. The molecule has 3 heterocycles. The average molecular weight is 314 g/mol. The molecule has 122 valence electrons. The summed E-state index contributed by atoms with van der Waals surface area (Å²) in [6, 6.07) is 3.72. The topological polar surface area (TPSA) is 69.0 Å². The molecule has 2 aromatic heterocycles. The Morgan fingerprint density at radius 2 is 2.39 bits per heavy atom. The number of aryl methyl sites for hydroxylation is 1. The van der Waals surface area contributed by atoms with Gasteiger partial charge in [-0.3, -0.25) is 9.78 Å². The van der Waals surface area contributed by atoms with E-state index in [1.807, 2.05) is 25.3 Å². The lowest BCUT2D eigenvalue weighted by Gasteiger charge is -2.22. The van der Waals surface area contributed by atoms with Crippen LogP contribution >= 0.6 is 0 Å². The monoisotopic (exact) mass is 314 g/mol. The third-order valence-corrected chi connectivity index (χ3v) is 4.34. The van der Waals surface area contributed by atoms with Crippen LogP contribution in [0.15, 0.2) is 36.9 Å².